The fourth-order valence-electron chi connectivity index (χ4n) is 2.24. The zero-order valence-corrected chi connectivity index (χ0v) is 14.9. The zero-order chi connectivity index (χ0) is 15.7. The lowest BCUT2D eigenvalue weighted by molar-refractivity contribution is 0.601. The van der Waals surface area contributed by atoms with Crippen molar-refractivity contribution < 1.29 is 8.42 Å². The molecule has 1 N–H and O–H groups in total. The van der Waals surface area contributed by atoms with Crippen molar-refractivity contribution in [1.29, 1.82) is 0 Å². The van der Waals surface area contributed by atoms with Crippen molar-refractivity contribution in [3.8, 4) is 0 Å². The molecule has 0 unspecified atom stereocenters. The second-order valence-corrected chi connectivity index (χ2v) is 8.05. The number of aryl methyl sites for hydroxylation is 1. The second-order valence-electron chi connectivity index (χ2n) is 5.12. The lowest BCUT2D eigenvalue weighted by Gasteiger charge is -2.09. The van der Waals surface area contributed by atoms with E-state index in [1.807, 2.05) is 43.3 Å². The Bertz CT molecular complexity index is 935. The van der Waals surface area contributed by atoms with E-state index in [0.29, 0.717) is 5.69 Å². The van der Waals surface area contributed by atoms with Gasteiger partial charge >= 0.3 is 0 Å². The molecular formula is C17H14INO2S. The van der Waals surface area contributed by atoms with Gasteiger partial charge in [0.1, 0.15) is 0 Å². The molecule has 0 bridgehead atoms. The molecule has 5 heteroatoms. The minimum Gasteiger partial charge on any atom is -0.280 e. The fourth-order valence-corrected chi connectivity index (χ4v) is 3.70. The zero-order valence-electron chi connectivity index (χ0n) is 11.9. The number of nitrogens with one attached hydrogen (secondary N) is 1. The van der Waals surface area contributed by atoms with Gasteiger partial charge in [-0.1, -0.05) is 29.8 Å². The Labute approximate surface area is 143 Å². The molecule has 3 aromatic carbocycles. The summed E-state index contributed by atoms with van der Waals surface area (Å²) in [5.41, 5.74) is 1.71. The summed E-state index contributed by atoms with van der Waals surface area (Å²) in [5, 5.41) is 1.95. The summed E-state index contributed by atoms with van der Waals surface area (Å²) in [4.78, 5) is 0.266. The highest BCUT2D eigenvalue weighted by molar-refractivity contribution is 14.1. The van der Waals surface area contributed by atoms with Crippen LogP contribution in [-0.4, -0.2) is 8.42 Å². The predicted molar refractivity (Wildman–Crippen MR) is 98.7 cm³/mol. The van der Waals surface area contributed by atoms with Crippen LogP contribution in [0.1, 0.15) is 5.56 Å². The first-order valence-electron chi connectivity index (χ1n) is 6.73. The van der Waals surface area contributed by atoms with Gasteiger partial charge in [-0.15, -0.1) is 0 Å². The monoisotopic (exact) mass is 423 g/mol. The minimum absolute atomic E-state index is 0.266. The minimum atomic E-state index is -3.58. The van der Waals surface area contributed by atoms with Crippen molar-refractivity contribution in [3.63, 3.8) is 0 Å². The lowest BCUT2D eigenvalue weighted by atomic mass is 10.1. The van der Waals surface area contributed by atoms with E-state index in [1.165, 1.54) is 0 Å². The van der Waals surface area contributed by atoms with Gasteiger partial charge in [-0.3, -0.25) is 4.72 Å². The number of hydrogen-bond donors (Lipinski definition) is 1. The van der Waals surface area contributed by atoms with Crippen LogP contribution in [0.2, 0.25) is 0 Å². The average molecular weight is 423 g/mol. The van der Waals surface area contributed by atoms with Crippen LogP contribution in [0.3, 0.4) is 0 Å². The first-order chi connectivity index (χ1) is 10.4. The fraction of sp³-hybridized carbons (Fsp3) is 0.0588. The molecule has 3 rings (SSSR count). The number of halogens is 1. The molecule has 0 radical (unpaired) electrons. The number of sulfonamides is 1. The highest BCUT2D eigenvalue weighted by atomic mass is 127. The summed E-state index contributed by atoms with van der Waals surface area (Å²) in [5.74, 6) is 0. The van der Waals surface area contributed by atoms with Crippen LogP contribution in [0, 0.1) is 10.5 Å². The molecule has 0 saturated heterocycles. The van der Waals surface area contributed by atoms with Gasteiger partial charge in [0.05, 0.1) is 4.90 Å². The molecule has 0 heterocycles. The molecule has 0 saturated carbocycles. The smallest absolute Gasteiger partial charge is 0.261 e. The van der Waals surface area contributed by atoms with Crippen molar-refractivity contribution in [3.05, 3.63) is 69.8 Å². The van der Waals surface area contributed by atoms with E-state index in [4.69, 9.17) is 0 Å². The normalized spacial score (nSPS) is 11.5. The highest BCUT2D eigenvalue weighted by Crippen LogP contribution is 2.22. The molecule has 3 aromatic rings. The predicted octanol–water partition coefficient (Wildman–Crippen LogP) is 4.55. The molecule has 0 amide bonds. The number of rotatable bonds is 3. The SMILES string of the molecule is Cc1ccc2cc(S(=O)(=O)Nc3ccc(I)cc3)ccc2c1. The number of benzene rings is 3. The summed E-state index contributed by atoms with van der Waals surface area (Å²) in [6, 6.07) is 18.4. The summed E-state index contributed by atoms with van der Waals surface area (Å²) >= 11 is 2.18. The van der Waals surface area contributed by atoms with Crippen molar-refractivity contribution in [2.75, 3.05) is 4.72 Å². The molecule has 0 atom stereocenters. The molecule has 0 aliphatic rings. The van der Waals surface area contributed by atoms with E-state index in [1.54, 1.807) is 24.3 Å². The number of hydrogen-bond acceptors (Lipinski definition) is 2. The average Bonchev–Trinajstić information content (AvgIpc) is 2.49. The Kier molecular flexibility index (Phi) is 4.10. The van der Waals surface area contributed by atoms with E-state index in [0.717, 1.165) is 19.9 Å². The van der Waals surface area contributed by atoms with Crippen LogP contribution in [-0.2, 0) is 10.0 Å². The first-order valence-corrected chi connectivity index (χ1v) is 9.29. The summed E-state index contributed by atoms with van der Waals surface area (Å²) in [6.45, 7) is 2.02. The number of fused-ring (bicyclic) bond motifs is 1. The third-order valence-electron chi connectivity index (χ3n) is 3.37. The summed E-state index contributed by atoms with van der Waals surface area (Å²) in [7, 11) is -3.58. The molecule has 0 fully saturated rings. The lowest BCUT2D eigenvalue weighted by Crippen LogP contribution is -2.12. The topological polar surface area (TPSA) is 46.2 Å². The van der Waals surface area contributed by atoms with Crippen molar-refractivity contribution in [2.45, 2.75) is 11.8 Å². The molecule has 0 aliphatic heterocycles. The molecule has 0 spiro atoms. The van der Waals surface area contributed by atoms with Crippen LogP contribution >= 0.6 is 22.6 Å². The van der Waals surface area contributed by atoms with Crippen LogP contribution < -0.4 is 4.72 Å². The quantitative estimate of drug-likeness (QED) is 0.629. The molecule has 0 aliphatic carbocycles. The van der Waals surface area contributed by atoms with Crippen molar-refractivity contribution in [1.82, 2.24) is 0 Å². The number of anilines is 1. The maximum absolute atomic E-state index is 12.5. The van der Waals surface area contributed by atoms with Gasteiger partial charge < -0.3 is 0 Å². The van der Waals surface area contributed by atoms with Gasteiger partial charge in [-0.2, -0.15) is 0 Å². The van der Waals surface area contributed by atoms with E-state index in [9.17, 15) is 8.42 Å². The van der Waals surface area contributed by atoms with E-state index >= 15 is 0 Å². The molecular weight excluding hydrogens is 409 g/mol. The Morgan fingerprint density at radius 2 is 1.50 bits per heavy atom. The van der Waals surface area contributed by atoms with E-state index in [2.05, 4.69) is 27.3 Å². The van der Waals surface area contributed by atoms with Gasteiger partial charge in [0.15, 0.2) is 0 Å². The molecule has 3 nitrogen and oxygen atoms in total. The maximum atomic E-state index is 12.5. The first kappa shape index (κ1) is 15.3. The Morgan fingerprint density at radius 1 is 0.864 bits per heavy atom. The Morgan fingerprint density at radius 3 is 2.23 bits per heavy atom. The third kappa shape index (κ3) is 3.25. The molecule has 0 aromatic heterocycles. The Balaban J connectivity index is 1.97. The van der Waals surface area contributed by atoms with Gasteiger partial charge in [-0.25, -0.2) is 8.42 Å². The van der Waals surface area contributed by atoms with E-state index in [-0.39, 0.29) is 4.90 Å². The van der Waals surface area contributed by atoms with Gasteiger partial charge in [-0.05, 0) is 76.7 Å². The van der Waals surface area contributed by atoms with Crippen molar-refractivity contribution >= 4 is 49.1 Å². The summed E-state index contributed by atoms with van der Waals surface area (Å²) in [6.07, 6.45) is 0. The second kappa shape index (κ2) is 5.89. The highest BCUT2D eigenvalue weighted by Gasteiger charge is 2.14. The summed E-state index contributed by atoms with van der Waals surface area (Å²) < 4.78 is 28.6. The molecule has 22 heavy (non-hydrogen) atoms. The standard InChI is InChI=1S/C17H14INO2S/c1-12-2-3-14-11-17(9-4-13(14)10-12)22(20,21)19-16-7-5-15(18)6-8-16/h2-11,19H,1H3. The third-order valence-corrected chi connectivity index (χ3v) is 5.47. The van der Waals surface area contributed by atoms with Crippen LogP contribution in [0.25, 0.3) is 10.8 Å². The van der Waals surface area contributed by atoms with Gasteiger partial charge in [0, 0.05) is 9.26 Å². The van der Waals surface area contributed by atoms with Gasteiger partial charge in [0.2, 0.25) is 0 Å². The Hall–Kier alpha value is -1.60. The largest absolute Gasteiger partial charge is 0.280 e. The molecule has 112 valence electrons. The van der Waals surface area contributed by atoms with Crippen LogP contribution in [0.15, 0.2) is 65.6 Å². The van der Waals surface area contributed by atoms with Crippen molar-refractivity contribution in [2.24, 2.45) is 0 Å². The van der Waals surface area contributed by atoms with Crippen LogP contribution in [0.5, 0.6) is 0 Å². The van der Waals surface area contributed by atoms with Gasteiger partial charge in [0.25, 0.3) is 10.0 Å². The van der Waals surface area contributed by atoms with Crippen LogP contribution in [0.4, 0.5) is 5.69 Å². The van der Waals surface area contributed by atoms with E-state index < -0.39 is 10.0 Å². The maximum Gasteiger partial charge on any atom is 0.261 e.